The van der Waals surface area contributed by atoms with Gasteiger partial charge in [-0.25, -0.2) is 0 Å². The number of ether oxygens (including phenoxy) is 1. The molecular weight excluding hydrogens is 368 g/mol. The molecule has 1 aromatic carbocycles. The maximum absolute atomic E-state index is 12.1. The minimum atomic E-state index is -0.127. The third kappa shape index (κ3) is 7.40. The van der Waals surface area contributed by atoms with Crippen LogP contribution in [0.5, 0.6) is 0 Å². The molecule has 1 amide bonds. The van der Waals surface area contributed by atoms with Crippen molar-refractivity contribution in [2.45, 2.75) is 46.6 Å². The van der Waals surface area contributed by atoms with Crippen molar-refractivity contribution in [3.05, 3.63) is 29.8 Å². The predicted molar refractivity (Wildman–Crippen MR) is 116 cm³/mol. The summed E-state index contributed by atoms with van der Waals surface area (Å²) in [6, 6.07) is 7.81. The maximum Gasteiger partial charge on any atom is 0.310 e. The highest BCUT2D eigenvalue weighted by atomic mass is 16.5. The molecule has 0 aromatic heterocycles. The largest absolute Gasteiger partial charge is 0.466 e. The summed E-state index contributed by atoms with van der Waals surface area (Å²) >= 11 is 0. The lowest BCUT2D eigenvalue weighted by Crippen LogP contribution is -2.48. The molecule has 1 aliphatic rings. The number of esters is 1. The number of guanidine groups is 1. The van der Waals surface area contributed by atoms with Gasteiger partial charge in [0.1, 0.15) is 0 Å². The number of benzene rings is 1. The Hall–Kier alpha value is -2.57. The average molecular weight is 403 g/mol. The molecule has 29 heavy (non-hydrogen) atoms. The van der Waals surface area contributed by atoms with Crippen LogP contribution in [-0.4, -0.2) is 49.5 Å². The van der Waals surface area contributed by atoms with Gasteiger partial charge in [-0.15, -0.1) is 0 Å². The molecular formula is C22H34N4O3. The lowest BCUT2D eigenvalue weighted by atomic mass is 9.98. The molecule has 0 spiro atoms. The van der Waals surface area contributed by atoms with Crippen molar-refractivity contribution < 1.29 is 14.3 Å². The Kier molecular flexibility index (Phi) is 8.96. The fourth-order valence-corrected chi connectivity index (χ4v) is 3.48. The third-order valence-corrected chi connectivity index (χ3v) is 4.81. The molecule has 1 aromatic rings. The third-order valence-electron chi connectivity index (χ3n) is 4.81. The number of piperidine rings is 1. The first-order valence-electron chi connectivity index (χ1n) is 10.4. The molecule has 160 valence electrons. The van der Waals surface area contributed by atoms with Gasteiger partial charge in [-0.05, 0) is 43.4 Å². The number of hydrogen-bond acceptors (Lipinski definition) is 4. The molecule has 1 atom stereocenters. The second-order valence-electron chi connectivity index (χ2n) is 7.78. The second-order valence-corrected chi connectivity index (χ2v) is 7.78. The summed E-state index contributed by atoms with van der Waals surface area (Å²) in [6.45, 7) is 8.35. The van der Waals surface area contributed by atoms with E-state index in [1.54, 1.807) is 7.05 Å². The van der Waals surface area contributed by atoms with Crippen LogP contribution in [0.1, 0.15) is 45.6 Å². The summed E-state index contributed by atoms with van der Waals surface area (Å²) in [7, 11) is 1.75. The molecule has 0 aliphatic carbocycles. The number of amides is 1. The number of rotatable bonds is 7. The number of likely N-dealkylation sites (tertiary alicyclic amines) is 1. The standard InChI is InChI=1S/C22H34N4O3/c1-5-29-21(28)18-9-7-11-26(15-18)22(23-4)24-14-17-8-6-10-19(13-17)25-20(27)12-16(2)3/h6,8,10,13,16,18H,5,7,9,11-12,14-15H2,1-4H3,(H,23,24)(H,25,27). The van der Waals surface area contributed by atoms with E-state index in [1.807, 2.05) is 45.0 Å². The van der Waals surface area contributed by atoms with Crippen LogP contribution in [0.15, 0.2) is 29.3 Å². The average Bonchev–Trinajstić information content (AvgIpc) is 2.68. The Morgan fingerprint density at radius 3 is 2.83 bits per heavy atom. The second kappa shape index (κ2) is 11.4. The zero-order valence-corrected chi connectivity index (χ0v) is 18.0. The summed E-state index contributed by atoms with van der Waals surface area (Å²) in [5, 5.41) is 6.32. The first-order chi connectivity index (χ1) is 13.9. The van der Waals surface area contributed by atoms with Gasteiger partial charge < -0.3 is 20.3 Å². The van der Waals surface area contributed by atoms with Gasteiger partial charge in [0.15, 0.2) is 5.96 Å². The Morgan fingerprint density at radius 2 is 2.14 bits per heavy atom. The number of anilines is 1. The molecule has 1 unspecified atom stereocenters. The lowest BCUT2D eigenvalue weighted by Gasteiger charge is -2.34. The van der Waals surface area contributed by atoms with E-state index in [9.17, 15) is 9.59 Å². The Morgan fingerprint density at radius 1 is 1.34 bits per heavy atom. The minimum Gasteiger partial charge on any atom is -0.466 e. The number of carbonyl (C=O) groups excluding carboxylic acids is 2. The molecule has 1 fully saturated rings. The number of hydrogen-bond donors (Lipinski definition) is 2. The molecule has 1 saturated heterocycles. The topological polar surface area (TPSA) is 83.0 Å². The van der Waals surface area contributed by atoms with Crippen molar-refractivity contribution in [1.29, 1.82) is 0 Å². The van der Waals surface area contributed by atoms with Crippen LogP contribution in [0.2, 0.25) is 0 Å². The quantitative estimate of drug-likeness (QED) is 0.416. The molecule has 1 heterocycles. The van der Waals surface area contributed by atoms with Crippen LogP contribution < -0.4 is 10.6 Å². The van der Waals surface area contributed by atoms with Crippen LogP contribution in [-0.2, 0) is 20.9 Å². The highest BCUT2D eigenvalue weighted by Gasteiger charge is 2.28. The van der Waals surface area contributed by atoms with Crippen LogP contribution in [0.25, 0.3) is 0 Å². The first kappa shape index (κ1) is 22.7. The van der Waals surface area contributed by atoms with Crippen LogP contribution >= 0.6 is 0 Å². The van der Waals surface area contributed by atoms with Crippen molar-refractivity contribution in [1.82, 2.24) is 10.2 Å². The highest BCUT2D eigenvalue weighted by molar-refractivity contribution is 5.90. The van der Waals surface area contributed by atoms with E-state index in [1.165, 1.54) is 0 Å². The highest BCUT2D eigenvalue weighted by Crippen LogP contribution is 2.18. The van der Waals surface area contributed by atoms with Gasteiger partial charge in [-0.1, -0.05) is 26.0 Å². The molecule has 0 saturated carbocycles. The van der Waals surface area contributed by atoms with Gasteiger partial charge in [0.05, 0.1) is 12.5 Å². The fourth-order valence-electron chi connectivity index (χ4n) is 3.48. The molecule has 7 heteroatoms. The van der Waals surface area contributed by atoms with E-state index in [4.69, 9.17) is 4.74 Å². The van der Waals surface area contributed by atoms with Crippen molar-refractivity contribution in [2.24, 2.45) is 16.8 Å². The van der Waals surface area contributed by atoms with Gasteiger partial charge in [0.25, 0.3) is 0 Å². The smallest absolute Gasteiger partial charge is 0.310 e. The Bertz CT molecular complexity index is 718. The summed E-state index contributed by atoms with van der Waals surface area (Å²) in [5.41, 5.74) is 1.85. The van der Waals surface area contributed by atoms with Crippen molar-refractivity contribution in [2.75, 3.05) is 32.1 Å². The zero-order chi connectivity index (χ0) is 21.2. The Balaban J connectivity index is 1.93. The van der Waals surface area contributed by atoms with Gasteiger partial charge in [-0.3, -0.25) is 14.6 Å². The zero-order valence-electron chi connectivity index (χ0n) is 18.0. The van der Waals surface area contributed by atoms with Crippen molar-refractivity contribution >= 4 is 23.5 Å². The molecule has 0 bridgehead atoms. The monoisotopic (exact) mass is 402 g/mol. The summed E-state index contributed by atoms with van der Waals surface area (Å²) < 4.78 is 5.18. The first-order valence-corrected chi connectivity index (χ1v) is 10.4. The van der Waals surface area contributed by atoms with Gasteiger partial charge in [0, 0.05) is 38.8 Å². The number of aliphatic imine (C=N–C) groups is 1. The number of carbonyl (C=O) groups is 2. The number of nitrogens with zero attached hydrogens (tertiary/aromatic N) is 2. The van der Waals surface area contributed by atoms with Crippen molar-refractivity contribution in [3.8, 4) is 0 Å². The van der Waals surface area contributed by atoms with E-state index in [0.717, 1.165) is 36.6 Å². The molecule has 1 aliphatic heterocycles. The minimum absolute atomic E-state index is 0.0271. The molecule has 7 nitrogen and oxygen atoms in total. The summed E-state index contributed by atoms with van der Waals surface area (Å²) in [5.74, 6) is 0.887. The summed E-state index contributed by atoms with van der Waals surface area (Å²) in [6.07, 6.45) is 2.29. The fraction of sp³-hybridized carbons (Fsp3) is 0.591. The normalized spacial score (nSPS) is 17.2. The van der Waals surface area contributed by atoms with Gasteiger partial charge >= 0.3 is 5.97 Å². The van der Waals surface area contributed by atoms with E-state index >= 15 is 0 Å². The van der Waals surface area contributed by atoms with E-state index < -0.39 is 0 Å². The van der Waals surface area contributed by atoms with Crippen LogP contribution in [0, 0.1) is 11.8 Å². The lowest BCUT2D eigenvalue weighted by molar-refractivity contribution is -0.149. The maximum atomic E-state index is 12.1. The summed E-state index contributed by atoms with van der Waals surface area (Å²) in [4.78, 5) is 30.6. The van der Waals surface area contributed by atoms with E-state index in [2.05, 4.69) is 20.5 Å². The Labute approximate surface area is 173 Å². The SMILES string of the molecule is CCOC(=O)C1CCCN(C(=NC)NCc2cccc(NC(=O)CC(C)C)c2)C1. The predicted octanol–water partition coefficient (Wildman–Crippen LogP) is 3.02. The number of nitrogens with one attached hydrogen (secondary N) is 2. The molecule has 2 rings (SSSR count). The van der Waals surface area contributed by atoms with Crippen LogP contribution in [0.3, 0.4) is 0 Å². The van der Waals surface area contributed by atoms with Gasteiger partial charge in [-0.2, -0.15) is 0 Å². The van der Waals surface area contributed by atoms with Gasteiger partial charge in [0.2, 0.25) is 5.91 Å². The molecule has 2 N–H and O–H groups in total. The van der Waals surface area contributed by atoms with E-state index in [0.29, 0.717) is 32.0 Å². The van der Waals surface area contributed by atoms with Crippen LogP contribution in [0.4, 0.5) is 5.69 Å². The van der Waals surface area contributed by atoms with E-state index in [-0.39, 0.29) is 17.8 Å². The molecule has 0 radical (unpaired) electrons. The van der Waals surface area contributed by atoms with Crippen molar-refractivity contribution in [3.63, 3.8) is 0 Å².